The molecule has 0 radical (unpaired) electrons. The molecule has 2 atom stereocenters. The van der Waals surface area contributed by atoms with Crippen molar-refractivity contribution < 1.29 is 14.3 Å². The van der Waals surface area contributed by atoms with Crippen LogP contribution in [0.15, 0.2) is 48.5 Å². The van der Waals surface area contributed by atoms with Crippen LogP contribution in [0.2, 0.25) is 5.02 Å². The molecule has 1 aliphatic heterocycles. The van der Waals surface area contributed by atoms with E-state index in [2.05, 4.69) is 0 Å². The number of anilines is 1. The highest BCUT2D eigenvalue weighted by Crippen LogP contribution is 2.32. The van der Waals surface area contributed by atoms with Crippen LogP contribution in [0.4, 0.5) is 5.69 Å². The van der Waals surface area contributed by atoms with E-state index in [9.17, 15) is 9.59 Å². The minimum Gasteiger partial charge on any atom is -0.452 e. The van der Waals surface area contributed by atoms with E-state index >= 15 is 0 Å². The van der Waals surface area contributed by atoms with Gasteiger partial charge >= 0.3 is 5.97 Å². The molecule has 1 heterocycles. The molecule has 0 aliphatic carbocycles. The van der Waals surface area contributed by atoms with Crippen molar-refractivity contribution in [2.75, 3.05) is 4.90 Å². The van der Waals surface area contributed by atoms with Crippen molar-refractivity contribution in [1.29, 1.82) is 0 Å². The Hall–Kier alpha value is -2.33. The van der Waals surface area contributed by atoms with Crippen LogP contribution < -0.4 is 4.90 Å². The van der Waals surface area contributed by atoms with Crippen molar-refractivity contribution in [2.24, 2.45) is 0 Å². The van der Waals surface area contributed by atoms with Crippen LogP contribution in [-0.2, 0) is 27.2 Å². The number of benzene rings is 2. The molecule has 3 rings (SSSR count). The lowest BCUT2D eigenvalue weighted by molar-refractivity contribution is -0.153. The zero-order valence-corrected chi connectivity index (χ0v) is 15.0. The first-order valence-corrected chi connectivity index (χ1v) is 8.68. The van der Waals surface area contributed by atoms with Crippen LogP contribution in [0.5, 0.6) is 0 Å². The third-order valence-electron chi connectivity index (χ3n) is 4.36. The first-order chi connectivity index (χ1) is 12.0. The van der Waals surface area contributed by atoms with Crippen LogP contribution in [-0.4, -0.2) is 24.0 Å². The highest BCUT2D eigenvalue weighted by Gasteiger charge is 2.34. The number of halogens is 1. The summed E-state index contributed by atoms with van der Waals surface area (Å²) in [4.78, 5) is 26.6. The van der Waals surface area contributed by atoms with Crippen molar-refractivity contribution in [3.8, 4) is 0 Å². The molecule has 2 aromatic carbocycles. The SMILES string of the molecule is C[C@H](OC(=O)Cc1ccc(Cl)cc1)C(=O)N1c2ccccc2C[C@@H]1C. The molecule has 0 unspecified atom stereocenters. The number of esters is 1. The molecule has 130 valence electrons. The summed E-state index contributed by atoms with van der Waals surface area (Å²) in [6.07, 6.45) is 0.0993. The van der Waals surface area contributed by atoms with Gasteiger partial charge in [-0.15, -0.1) is 0 Å². The first-order valence-electron chi connectivity index (χ1n) is 8.30. The standard InChI is InChI=1S/C20H20ClNO3/c1-13-11-16-5-3-4-6-18(16)22(13)20(24)14(2)25-19(23)12-15-7-9-17(21)10-8-15/h3-10,13-14H,11-12H2,1-2H3/t13-,14-/m0/s1. The van der Waals surface area contributed by atoms with Crippen LogP contribution in [0.1, 0.15) is 25.0 Å². The fourth-order valence-electron chi connectivity index (χ4n) is 3.16. The van der Waals surface area contributed by atoms with E-state index in [0.29, 0.717) is 5.02 Å². The molecule has 2 aromatic rings. The number of hydrogen-bond acceptors (Lipinski definition) is 3. The highest BCUT2D eigenvalue weighted by molar-refractivity contribution is 6.30. The topological polar surface area (TPSA) is 46.6 Å². The zero-order valence-electron chi connectivity index (χ0n) is 14.2. The lowest BCUT2D eigenvalue weighted by Gasteiger charge is -2.26. The normalized spacial score (nSPS) is 17.1. The average Bonchev–Trinajstić information content (AvgIpc) is 2.91. The number of fused-ring (bicyclic) bond motifs is 1. The molecular formula is C20H20ClNO3. The maximum absolute atomic E-state index is 12.8. The smallest absolute Gasteiger partial charge is 0.311 e. The Morgan fingerprint density at radius 2 is 1.88 bits per heavy atom. The Morgan fingerprint density at radius 1 is 1.20 bits per heavy atom. The Morgan fingerprint density at radius 3 is 2.60 bits per heavy atom. The summed E-state index contributed by atoms with van der Waals surface area (Å²) in [5, 5.41) is 0.613. The lowest BCUT2D eigenvalue weighted by Crippen LogP contribution is -2.43. The predicted octanol–water partition coefficient (Wildman–Crippen LogP) is 3.79. The van der Waals surface area contributed by atoms with Crippen LogP contribution in [0, 0.1) is 0 Å². The van der Waals surface area contributed by atoms with Gasteiger partial charge in [-0.2, -0.15) is 0 Å². The summed E-state index contributed by atoms with van der Waals surface area (Å²) in [5.74, 6) is -0.620. The number of hydrogen-bond donors (Lipinski definition) is 0. The summed E-state index contributed by atoms with van der Waals surface area (Å²) < 4.78 is 5.36. The molecule has 0 saturated heterocycles. The molecule has 1 amide bonds. The van der Waals surface area contributed by atoms with Gasteiger partial charge in [-0.05, 0) is 49.6 Å². The van der Waals surface area contributed by atoms with Gasteiger partial charge in [0.1, 0.15) is 0 Å². The monoisotopic (exact) mass is 357 g/mol. The van der Waals surface area contributed by atoms with Gasteiger partial charge in [-0.3, -0.25) is 9.59 Å². The number of carbonyl (C=O) groups is 2. The van der Waals surface area contributed by atoms with E-state index in [-0.39, 0.29) is 18.4 Å². The summed E-state index contributed by atoms with van der Waals surface area (Å²) in [6, 6.07) is 14.9. The molecule has 0 N–H and O–H groups in total. The van der Waals surface area contributed by atoms with Gasteiger partial charge in [0, 0.05) is 16.8 Å². The molecule has 0 bridgehead atoms. The van der Waals surface area contributed by atoms with E-state index < -0.39 is 12.1 Å². The zero-order chi connectivity index (χ0) is 18.0. The molecule has 1 aliphatic rings. The van der Waals surface area contributed by atoms with Gasteiger partial charge in [0.15, 0.2) is 6.10 Å². The number of ether oxygens (including phenoxy) is 1. The van der Waals surface area contributed by atoms with Crippen molar-refractivity contribution in [3.05, 3.63) is 64.7 Å². The van der Waals surface area contributed by atoms with Crippen molar-refractivity contribution in [1.82, 2.24) is 0 Å². The Kier molecular flexibility index (Phi) is 5.09. The average molecular weight is 358 g/mol. The fourth-order valence-corrected chi connectivity index (χ4v) is 3.28. The van der Waals surface area contributed by atoms with Gasteiger partial charge < -0.3 is 9.64 Å². The molecule has 0 spiro atoms. The Bertz CT molecular complexity index is 788. The quantitative estimate of drug-likeness (QED) is 0.782. The third-order valence-corrected chi connectivity index (χ3v) is 4.61. The second-order valence-corrected chi connectivity index (χ2v) is 6.76. The second-order valence-electron chi connectivity index (χ2n) is 6.33. The number of amides is 1. The van der Waals surface area contributed by atoms with Gasteiger partial charge in [0.25, 0.3) is 5.91 Å². The van der Waals surface area contributed by atoms with E-state index in [0.717, 1.165) is 23.2 Å². The summed E-state index contributed by atoms with van der Waals surface area (Å²) >= 11 is 5.84. The van der Waals surface area contributed by atoms with Gasteiger partial charge in [0.05, 0.1) is 6.42 Å². The van der Waals surface area contributed by atoms with E-state index in [1.807, 2.05) is 31.2 Å². The minimum atomic E-state index is -0.826. The van der Waals surface area contributed by atoms with E-state index in [1.165, 1.54) is 0 Å². The fraction of sp³-hybridized carbons (Fsp3) is 0.300. The van der Waals surface area contributed by atoms with Crippen LogP contribution in [0.3, 0.4) is 0 Å². The lowest BCUT2D eigenvalue weighted by atomic mass is 10.1. The number of rotatable bonds is 4. The Balaban J connectivity index is 1.64. The summed E-state index contributed by atoms with van der Waals surface area (Å²) in [5.41, 5.74) is 2.84. The van der Waals surface area contributed by atoms with Gasteiger partial charge in [0.2, 0.25) is 0 Å². The molecule has 0 saturated carbocycles. The Labute approximate surface area is 152 Å². The number of nitrogens with zero attached hydrogens (tertiary/aromatic N) is 1. The van der Waals surface area contributed by atoms with Gasteiger partial charge in [-0.1, -0.05) is 41.9 Å². The van der Waals surface area contributed by atoms with Gasteiger partial charge in [-0.25, -0.2) is 0 Å². The highest BCUT2D eigenvalue weighted by atomic mass is 35.5. The van der Waals surface area contributed by atoms with Crippen molar-refractivity contribution in [3.63, 3.8) is 0 Å². The number of carbonyl (C=O) groups excluding carboxylic acids is 2. The first kappa shape index (κ1) is 17.5. The number of para-hydroxylation sites is 1. The molecular weight excluding hydrogens is 338 g/mol. The van der Waals surface area contributed by atoms with Crippen molar-refractivity contribution >= 4 is 29.2 Å². The molecule has 25 heavy (non-hydrogen) atoms. The summed E-state index contributed by atoms with van der Waals surface area (Å²) in [6.45, 7) is 3.62. The van der Waals surface area contributed by atoms with E-state index in [4.69, 9.17) is 16.3 Å². The minimum absolute atomic E-state index is 0.0577. The second kappa shape index (κ2) is 7.28. The maximum Gasteiger partial charge on any atom is 0.311 e. The molecule has 0 aromatic heterocycles. The molecule has 5 heteroatoms. The maximum atomic E-state index is 12.8. The largest absolute Gasteiger partial charge is 0.452 e. The van der Waals surface area contributed by atoms with Crippen molar-refractivity contribution in [2.45, 2.75) is 38.8 Å². The summed E-state index contributed by atoms with van der Waals surface area (Å²) in [7, 11) is 0. The van der Waals surface area contributed by atoms with E-state index in [1.54, 1.807) is 36.1 Å². The third kappa shape index (κ3) is 3.85. The van der Waals surface area contributed by atoms with Crippen LogP contribution in [0.25, 0.3) is 0 Å². The predicted molar refractivity (Wildman–Crippen MR) is 97.8 cm³/mol. The van der Waals surface area contributed by atoms with Crippen LogP contribution >= 0.6 is 11.6 Å². The molecule has 0 fully saturated rings. The molecule has 4 nitrogen and oxygen atoms in total.